The van der Waals surface area contributed by atoms with Crippen molar-refractivity contribution < 1.29 is 9.53 Å². The molecule has 1 atom stereocenters. The zero-order valence-corrected chi connectivity index (χ0v) is 19.4. The molecule has 1 saturated heterocycles. The summed E-state index contributed by atoms with van der Waals surface area (Å²) in [5.74, 6) is 0.946. The number of rotatable bonds is 6. The lowest BCUT2D eigenvalue weighted by molar-refractivity contribution is -0.115. The van der Waals surface area contributed by atoms with Gasteiger partial charge in [0.2, 0.25) is 11.0 Å². The van der Waals surface area contributed by atoms with Gasteiger partial charge in [-0.2, -0.15) is 0 Å². The molecule has 156 valence electrons. The molecule has 1 aromatic heterocycles. The Morgan fingerprint density at radius 3 is 2.63 bits per heavy atom. The summed E-state index contributed by atoms with van der Waals surface area (Å²) in [6.45, 7) is 0.205. The lowest BCUT2D eigenvalue weighted by Crippen LogP contribution is -2.27. The van der Waals surface area contributed by atoms with Crippen molar-refractivity contribution in [3.63, 3.8) is 0 Å². The zero-order chi connectivity index (χ0) is 21.3. The Labute approximate surface area is 192 Å². The summed E-state index contributed by atoms with van der Waals surface area (Å²) in [6, 6.07) is 13.2. The third kappa shape index (κ3) is 4.51. The van der Waals surface area contributed by atoms with Gasteiger partial charge in [0.1, 0.15) is 17.7 Å². The fourth-order valence-electron chi connectivity index (χ4n) is 2.95. The van der Waals surface area contributed by atoms with Gasteiger partial charge in [0.25, 0.3) is 0 Å². The average Bonchev–Trinajstić information content (AvgIpc) is 3.33. The van der Waals surface area contributed by atoms with E-state index in [9.17, 15) is 4.79 Å². The monoisotopic (exact) mass is 480 g/mol. The molecule has 1 aliphatic rings. The van der Waals surface area contributed by atoms with Crippen molar-refractivity contribution in [1.82, 2.24) is 10.2 Å². The lowest BCUT2D eigenvalue weighted by atomic mass is 10.2. The first-order valence-electron chi connectivity index (χ1n) is 9.03. The van der Waals surface area contributed by atoms with Crippen molar-refractivity contribution in [1.29, 1.82) is 0 Å². The normalized spacial score (nSPS) is 16.2. The summed E-state index contributed by atoms with van der Waals surface area (Å²) in [7, 11) is 3.99. The molecule has 0 bridgehead atoms. The molecule has 30 heavy (non-hydrogen) atoms. The van der Waals surface area contributed by atoms with Crippen LogP contribution in [0.1, 0.15) is 15.9 Å². The quantitative estimate of drug-likeness (QED) is 0.478. The Balaban J connectivity index is 1.49. The first-order chi connectivity index (χ1) is 14.4. The zero-order valence-electron chi connectivity index (χ0n) is 16.2. The minimum Gasteiger partial charge on any atom is -0.485 e. The predicted octanol–water partition coefficient (Wildman–Crippen LogP) is 5.27. The van der Waals surface area contributed by atoms with E-state index in [0.29, 0.717) is 31.7 Å². The highest BCUT2D eigenvalue weighted by molar-refractivity contribution is 8.00. The summed E-state index contributed by atoms with van der Waals surface area (Å²) in [5, 5.41) is 10.5. The first kappa shape index (κ1) is 21.2. The summed E-state index contributed by atoms with van der Waals surface area (Å²) in [4.78, 5) is 16.3. The summed E-state index contributed by atoms with van der Waals surface area (Å²) < 4.78 is 5.73. The molecule has 2 heterocycles. The van der Waals surface area contributed by atoms with Crippen LogP contribution in [-0.4, -0.2) is 36.0 Å². The van der Waals surface area contributed by atoms with E-state index < -0.39 is 0 Å². The summed E-state index contributed by atoms with van der Waals surface area (Å²) in [5.41, 5.74) is 2.16. The van der Waals surface area contributed by atoms with E-state index in [0.717, 1.165) is 11.3 Å². The third-order valence-electron chi connectivity index (χ3n) is 4.47. The topological polar surface area (TPSA) is 58.6 Å². The second-order valence-electron chi connectivity index (χ2n) is 6.75. The molecule has 0 spiro atoms. The molecular formula is C20H18Cl2N4O2S2. The molecule has 2 aromatic carbocycles. The third-order valence-corrected chi connectivity index (χ3v) is 7.11. The van der Waals surface area contributed by atoms with Crippen LogP contribution in [-0.2, 0) is 11.4 Å². The highest BCUT2D eigenvalue weighted by atomic mass is 35.5. The molecule has 0 aliphatic carbocycles. The van der Waals surface area contributed by atoms with Crippen LogP contribution in [0.4, 0.5) is 10.8 Å². The Bertz CT molecular complexity index is 1060. The second kappa shape index (κ2) is 9.01. The van der Waals surface area contributed by atoms with Gasteiger partial charge in [0, 0.05) is 24.8 Å². The Morgan fingerprint density at radius 2 is 1.93 bits per heavy atom. The molecule has 0 saturated carbocycles. The molecule has 10 heteroatoms. The van der Waals surface area contributed by atoms with Crippen LogP contribution in [0.25, 0.3) is 0 Å². The van der Waals surface area contributed by atoms with E-state index in [4.69, 9.17) is 27.9 Å². The van der Waals surface area contributed by atoms with Crippen LogP contribution in [0.3, 0.4) is 0 Å². The van der Waals surface area contributed by atoms with Gasteiger partial charge in [-0.15, -0.1) is 22.0 Å². The maximum atomic E-state index is 12.6. The van der Waals surface area contributed by atoms with Crippen molar-refractivity contribution in [3.8, 4) is 5.75 Å². The number of nitrogens with zero attached hydrogens (tertiary/aromatic N) is 4. The molecule has 1 unspecified atom stereocenters. The van der Waals surface area contributed by atoms with Gasteiger partial charge in [0.15, 0.2) is 5.01 Å². The van der Waals surface area contributed by atoms with Gasteiger partial charge in [-0.05, 0) is 35.9 Å². The van der Waals surface area contributed by atoms with Gasteiger partial charge in [-0.1, -0.05) is 46.7 Å². The molecule has 6 nitrogen and oxygen atoms in total. The molecule has 1 amide bonds. The van der Waals surface area contributed by atoms with Gasteiger partial charge in [0.05, 0.1) is 10.8 Å². The fourth-order valence-corrected chi connectivity index (χ4v) is 5.43. The Morgan fingerprint density at radius 1 is 1.17 bits per heavy atom. The molecular weight excluding hydrogens is 463 g/mol. The predicted molar refractivity (Wildman–Crippen MR) is 124 cm³/mol. The molecule has 4 rings (SSSR count). The van der Waals surface area contributed by atoms with E-state index in [1.807, 2.05) is 43.3 Å². The number of halogens is 2. The number of aromatic nitrogens is 2. The average molecular weight is 481 g/mol. The number of hydrogen-bond donors (Lipinski definition) is 0. The fraction of sp³-hybridized carbons (Fsp3) is 0.250. The van der Waals surface area contributed by atoms with Crippen LogP contribution in [0.2, 0.25) is 10.0 Å². The van der Waals surface area contributed by atoms with Crippen molar-refractivity contribution in [2.75, 3.05) is 29.6 Å². The van der Waals surface area contributed by atoms with Crippen molar-refractivity contribution >= 4 is 63.0 Å². The lowest BCUT2D eigenvalue weighted by Gasteiger charge is -2.22. The number of thioether (sulfide) groups is 1. The van der Waals surface area contributed by atoms with E-state index in [2.05, 4.69) is 10.2 Å². The number of anilines is 2. The minimum atomic E-state index is -0.124. The smallest absolute Gasteiger partial charge is 0.240 e. The van der Waals surface area contributed by atoms with Gasteiger partial charge in [-0.25, -0.2) is 0 Å². The van der Waals surface area contributed by atoms with Crippen LogP contribution in [0, 0.1) is 0 Å². The van der Waals surface area contributed by atoms with Crippen molar-refractivity contribution in [3.05, 3.63) is 63.1 Å². The van der Waals surface area contributed by atoms with Gasteiger partial charge in [-0.3, -0.25) is 9.69 Å². The van der Waals surface area contributed by atoms with Crippen LogP contribution >= 0.6 is 46.3 Å². The summed E-state index contributed by atoms with van der Waals surface area (Å²) in [6.07, 6.45) is 0. The Kier molecular flexibility index (Phi) is 6.38. The van der Waals surface area contributed by atoms with E-state index in [-0.39, 0.29) is 17.9 Å². The molecule has 1 fully saturated rings. The number of benzene rings is 2. The molecule has 0 N–H and O–H groups in total. The van der Waals surface area contributed by atoms with Crippen molar-refractivity contribution in [2.45, 2.75) is 12.0 Å². The number of amides is 1. The number of ether oxygens (including phenoxy) is 1. The second-order valence-corrected chi connectivity index (χ2v) is 9.71. The van der Waals surface area contributed by atoms with E-state index >= 15 is 0 Å². The van der Waals surface area contributed by atoms with Gasteiger partial charge >= 0.3 is 0 Å². The van der Waals surface area contributed by atoms with Crippen LogP contribution in [0.5, 0.6) is 5.75 Å². The maximum Gasteiger partial charge on any atom is 0.240 e. The molecule has 3 aromatic rings. The molecule has 1 aliphatic heterocycles. The first-order valence-corrected chi connectivity index (χ1v) is 11.7. The standard InChI is InChI=1S/C20H18Cl2N4O2S2/c1-25(2)14-6-3-12(4-7-14)19-26(18(27)11-29-19)20-24-23-17(30-20)10-28-16-8-5-13(21)9-15(16)22/h3-9,19H,10-11H2,1-2H3. The van der Waals surface area contributed by atoms with Crippen molar-refractivity contribution in [2.24, 2.45) is 0 Å². The summed E-state index contributed by atoms with van der Waals surface area (Å²) >= 11 is 15.0. The highest BCUT2D eigenvalue weighted by Gasteiger charge is 2.36. The number of carbonyl (C=O) groups excluding carboxylic acids is 1. The Hall–Kier alpha value is -2.00. The number of hydrogen-bond acceptors (Lipinski definition) is 7. The minimum absolute atomic E-state index is 0.0195. The largest absolute Gasteiger partial charge is 0.485 e. The van der Waals surface area contributed by atoms with E-state index in [1.54, 1.807) is 34.9 Å². The van der Waals surface area contributed by atoms with Crippen LogP contribution < -0.4 is 14.5 Å². The van der Waals surface area contributed by atoms with E-state index in [1.165, 1.54) is 11.3 Å². The highest BCUT2D eigenvalue weighted by Crippen LogP contribution is 2.43. The SMILES string of the molecule is CN(C)c1ccc(C2SCC(=O)N2c2nnc(COc3ccc(Cl)cc3Cl)s2)cc1. The molecule has 0 radical (unpaired) electrons. The number of carbonyl (C=O) groups is 1. The van der Waals surface area contributed by atoms with Crippen LogP contribution in [0.15, 0.2) is 42.5 Å². The van der Waals surface area contributed by atoms with Gasteiger partial charge < -0.3 is 9.64 Å². The maximum absolute atomic E-state index is 12.6.